The van der Waals surface area contributed by atoms with Gasteiger partial charge in [0.15, 0.2) is 0 Å². The van der Waals surface area contributed by atoms with Crippen LogP contribution in [-0.2, 0) is 0 Å². The largest absolute Gasteiger partial charge is 0.360 e. The van der Waals surface area contributed by atoms with E-state index < -0.39 is 0 Å². The minimum absolute atomic E-state index is 0. The van der Waals surface area contributed by atoms with Gasteiger partial charge in [0, 0.05) is 29.6 Å². The summed E-state index contributed by atoms with van der Waals surface area (Å²) in [5, 5.41) is 1.72. The molecule has 0 aromatic heterocycles. The SMILES string of the molecule is CN(C)CCN1C(=O)c2cccc3cccc(c23)C1=O.C[NH3+].N. The Morgan fingerprint density at radius 2 is 1.43 bits per heavy atom. The minimum Gasteiger partial charge on any atom is -0.360 e. The number of hydrogen-bond acceptors (Lipinski definition) is 4. The lowest BCUT2D eigenvalue weighted by Gasteiger charge is -2.28. The number of carbonyl (C=O) groups excluding carboxylic acids is 2. The molecule has 2 amide bonds. The Balaban J connectivity index is 0.000000849. The molecule has 124 valence electrons. The standard InChI is InChI=1S/C16H16N2O2.CH5N.H3N/c1-17(2)9-10-18-15(19)12-7-3-5-11-6-4-8-13(14(11)12)16(18)20;1-2;/h3-8H,9-10H2,1-2H3;2H2,1H3;1H3/p+1. The van der Waals surface area contributed by atoms with Crippen molar-refractivity contribution in [2.24, 2.45) is 0 Å². The van der Waals surface area contributed by atoms with Crippen LogP contribution in [0.1, 0.15) is 20.7 Å². The minimum atomic E-state index is -0.193. The molecule has 1 heterocycles. The molecule has 0 bridgehead atoms. The lowest BCUT2D eigenvalue weighted by atomic mass is 9.94. The van der Waals surface area contributed by atoms with Crippen molar-refractivity contribution < 1.29 is 15.3 Å². The van der Waals surface area contributed by atoms with Crippen LogP contribution in [-0.4, -0.2) is 55.8 Å². The number of rotatable bonds is 3. The van der Waals surface area contributed by atoms with E-state index in [4.69, 9.17) is 0 Å². The highest BCUT2D eigenvalue weighted by molar-refractivity contribution is 6.25. The van der Waals surface area contributed by atoms with Crippen LogP contribution in [0.5, 0.6) is 0 Å². The fourth-order valence-electron chi connectivity index (χ4n) is 2.58. The molecule has 2 aromatic rings. The molecule has 0 saturated heterocycles. The number of nitrogens with zero attached hydrogens (tertiary/aromatic N) is 2. The second-order valence-electron chi connectivity index (χ2n) is 5.27. The number of imide groups is 1. The van der Waals surface area contributed by atoms with Crippen LogP contribution in [0.3, 0.4) is 0 Å². The van der Waals surface area contributed by atoms with Gasteiger partial charge < -0.3 is 16.8 Å². The summed E-state index contributed by atoms with van der Waals surface area (Å²) in [4.78, 5) is 28.3. The Kier molecular flexibility index (Phi) is 6.38. The van der Waals surface area contributed by atoms with Gasteiger partial charge in [-0.2, -0.15) is 0 Å². The highest BCUT2D eigenvalue weighted by Crippen LogP contribution is 2.29. The number of carbonyl (C=O) groups is 2. The lowest BCUT2D eigenvalue weighted by Crippen LogP contribution is -2.43. The van der Waals surface area contributed by atoms with Crippen LogP contribution in [0.2, 0.25) is 0 Å². The number of amides is 2. The summed E-state index contributed by atoms with van der Waals surface area (Å²) < 4.78 is 0. The lowest BCUT2D eigenvalue weighted by molar-refractivity contribution is -0.325. The van der Waals surface area contributed by atoms with Gasteiger partial charge in [-0.25, -0.2) is 0 Å². The Bertz CT molecular complexity index is 662. The molecule has 0 atom stereocenters. The predicted octanol–water partition coefficient (Wildman–Crippen LogP) is 1.02. The van der Waals surface area contributed by atoms with Gasteiger partial charge in [-0.1, -0.05) is 24.3 Å². The molecule has 2 aromatic carbocycles. The van der Waals surface area contributed by atoms with E-state index in [0.29, 0.717) is 24.2 Å². The molecule has 0 spiro atoms. The van der Waals surface area contributed by atoms with Crippen LogP contribution >= 0.6 is 0 Å². The molecular weight excluding hydrogens is 292 g/mol. The van der Waals surface area contributed by atoms with Gasteiger partial charge in [0.25, 0.3) is 11.8 Å². The molecular formula is C17H25N4O2+. The van der Waals surface area contributed by atoms with Crippen molar-refractivity contribution in [1.82, 2.24) is 16.0 Å². The second-order valence-corrected chi connectivity index (χ2v) is 5.27. The summed E-state index contributed by atoms with van der Waals surface area (Å²) in [6.45, 7) is 1.07. The van der Waals surface area contributed by atoms with Crippen molar-refractivity contribution in [3.8, 4) is 0 Å². The quantitative estimate of drug-likeness (QED) is 0.825. The van der Waals surface area contributed by atoms with E-state index in [2.05, 4.69) is 5.73 Å². The Morgan fingerprint density at radius 1 is 0.957 bits per heavy atom. The summed E-state index contributed by atoms with van der Waals surface area (Å²) in [5.74, 6) is -0.387. The molecule has 0 unspecified atom stereocenters. The van der Waals surface area contributed by atoms with Gasteiger partial charge in [0.05, 0.1) is 7.05 Å². The van der Waals surface area contributed by atoms with Gasteiger partial charge in [0.1, 0.15) is 0 Å². The van der Waals surface area contributed by atoms with E-state index in [0.717, 1.165) is 10.8 Å². The van der Waals surface area contributed by atoms with Gasteiger partial charge in [0.2, 0.25) is 0 Å². The molecule has 1 aliphatic heterocycles. The molecule has 6 nitrogen and oxygen atoms in total. The third-order valence-electron chi connectivity index (χ3n) is 3.63. The van der Waals surface area contributed by atoms with Gasteiger partial charge in [-0.15, -0.1) is 0 Å². The van der Waals surface area contributed by atoms with Gasteiger partial charge >= 0.3 is 0 Å². The topological polar surface area (TPSA) is 103 Å². The molecule has 3 rings (SSSR count). The number of benzene rings is 2. The fraction of sp³-hybridized carbons (Fsp3) is 0.294. The molecule has 6 heteroatoms. The number of hydrogen-bond donors (Lipinski definition) is 2. The molecule has 23 heavy (non-hydrogen) atoms. The molecule has 6 N–H and O–H groups in total. The Labute approximate surface area is 136 Å². The summed E-state index contributed by atoms with van der Waals surface area (Å²) in [5.41, 5.74) is 4.49. The first-order chi connectivity index (χ1) is 10.6. The van der Waals surface area contributed by atoms with E-state index in [1.165, 1.54) is 4.90 Å². The molecule has 0 aliphatic carbocycles. The average Bonchev–Trinajstić information content (AvgIpc) is 2.54. The number of quaternary nitrogens is 1. The third-order valence-corrected chi connectivity index (χ3v) is 3.63. The maximum Gasteiger partial charge on any atom is 0.261 e. The normalized spacial score (nSPS) is 12.8. The van der Waals surface area contributed by atoms with Crippen molar-refractivity contribution >= 4 is 22.6 Å². The highest BCUT2D eigenvalue weighted by Gasteiger charge is 2.32. The summed E-state index contributed by atoms with van der Waals surface area (Å²) in [6.07, 6.45) is 0. The highest BCUT2D eigenvalue weighted by atomic mass is 16.2. The van der Waals surface area contributed by atoms with Crippen molar-refractivity contribution in [2.45, 2.75) is 0 Å². The number of likely N-dealkylation sites (N-methyl/N-ethyl adjacent to an activating group) is 1. The van der Waals surface area contributed by atoms with E-state index in [1.807, 2.05) is 43.3 Å². The first kappa shape index (κ1) is 18.8. The third kappa shape index (κ3) is 3.39. The first-order valence-electron chi connectivity index (χ1n) is 7.33. The molecule has 0 saturated carbocycles. The Morgan fingerprint density at radius 3 is 1.87 bits per heavy atom. The van der Waals surface area contributed by atoms with Gasteiger partial charge in [-0.05, 0) is 31.6 Å². The zero-order valence-corrected chi connectivity index (χ0v) is 14.0. The predicted molar refractivity (Wildman–Crippen MR) is 91.7 cm³/mol. The monoisotopic (exact) mass is 317 g/mol. The zero-order valence-electron chi connectivity index (χ0n) is 14.0. The van der Waals surface area contributed by atoms with E-state index in [9.17, 15) is 9.59 Å². The fourth-order valence-corrected chi connectivity index (χ4v) is 2.58. The van der Waals surface area contributed by atoms with E-state index in [-0.39, 0.29) is 18.0 Å². The van der Waals surface area contributed by atoms with Crippen LogP contribution in [0, 0.1) is 0 Å². The molecule has 1 aliphatic rings. The van der Waals surface area contributed by atoms with Crippen LogP contribution < -0.4 is 11.9 Å². The van der Waals surface area contributed by atoms with Crippen molar-refractivity contribution in [3.05, 3.63) is 47.5 Å². The molecule has 0 radical (unpaired) electrons. The smallest absolute Gasteiger partial charge is 0.261 e. The zero-order chi connectivity index (χ0) is 16.3. The van der Waals surface area contributed by atoms with Crippen LogP contribution in [0.25, 0.3) is 10.8 Å². The van der Waals surface area contributed by atoms with Crippen molar-refractivity contribution in [3.63, 3.8) is 0 Å². The van der Waals surface area contributed by atoms with Crippen LogP contribution in [0.4, 0.5) is 0 Å². The maximum atomic E-state index is 12.5. The van der Waals surface area contributed by atoms with Crippen LogP contribution in [0.15, 0.2) is 36.4 Å². The van der Waals surface area contributed by atoms with Crippen molar-refractivity contribution in [1.29, 1.82) is 0 Å². The summed E-state index contributed by atoms with van der Waals surface area (Å²) in [6, 6.07) is 11.2. The van der Waals surface area contributed by atoms with E-state index >= 15 is 0 Å². The molecule has 0 fully saturated rings. The Hall–Kier alpha value is -2.28. The maximum absolute atomic E-state index is 12.5. The summed E-state index contributed by atoms with van der Waals surface area (Å²) >= 11 is 0. The first-order valence-corrected chi connectivity index (χ1v) is 7.33. The van der Waals surface area contributed by atoms with Gasteiger partial charge in [-0.3, -0.25) is 14.5 Å². The second kappa shape index (κ2) is 7.82. The average molecular weight is 317 g/mol. The van der Waals surface area contributed by atoms with Crippen molar-refractivity contribution in [2.75, 3.05) is 34.2 Å². The summed E-state index contributed by atoms with van der Waals surface area (Å²) in [7, 11) is 5.60. The van der Waals surface area contributed by atoms with E-state index in [1.54, 1.807) is 19.2 Å².